The number of hydrogen-bond acceptors (Lipinski definition) is 2. The van der Waals surface area contributed by atoms with Gasteiger partial charge in [0.2, 0.25) is 0 Å². The molecule has 0 bridgehead atoms. The van der Waals surface area contributed by atoms with Gasteiger partial charge in [-0.05, 0) is 38.8 Å². The summed E-state index contributed by atoms with van der Waals surface area (Å²) in [6.07, 6.45) is 2.11. The SMILES string of the molecule is CC(C)(F)COc1cccc2c1CCCN2. The van der Waals surface area contributed by atoms with Crippen LogP contribution in [0.25, 0.3) is 0 Å². The zero-order valence-corrected chi connectivity index (χ0v) is 9.85. The van der Waals surface area contributed by atoms with Crippen molar-refractivity contribution in [1.29, 1.82) is 0 Å². The standard InChI is InChI=1S/C13H18FNO/c1-13(2,14)9-16-12-7-3-6-11-10(12)5-4-8-15-11/h3,6-7,15H,4-5,8-9H2,1-2H3. The molecule has 16 heavy (non-hydrogen) atoms. The average molecular weight is 223 g/mol. The molecule has 2 rings (SSSR count). The molecule has 3 heteroatoms. The topological polar surface area (TPSA) is 21.3 Å². The van der Waals surface area contributed by atoms with Crippen molar-refractivity contribution >= 4 is 5.69 Å². The molecule has 1 aliphatic rings. The molecule has 1 aromatic rings. The fourth-order valence-electron chi connectivity index (χ4n) is 1.86. The third-order valence-electron chi connectivity index (χ3n) is 2.62. The summed E-state index contributed by atoms with van der Waals surface area (Å²) < 4.78 is 18.9. The molecule has 0 unspecified atom stereocenters. The molecule has 1 N–H and O–H groups in total. The minimum Gasteiger partial charge on any atom is -0.490 e. The normalized spacial score (nSPS) is 15.2. The highest BCUT2D eigenvalue weighted by molar-refractivity contribution is 5.59. The van der Waals surface area contributed by atoms with Crippen LogP contribution in [0.1, 0.15) is 25.8 Å². The van der Waals surface area contributed by atoms with E-state index >= 15 is 0 Å². The van der Waals surface area contributed by atoms with Gasteiger partial charge in [0.25, 0.3) is 0 Å². The second-order valence-electron chi connectivity index (χ2n) is 4.82. The third kappa shape index (κ3) is 2.65. The summed E-state index contributed by atoms with van der Waals surface area (Å²) in [5.74, 6) is 0.815. The summed E-state index contributed by atoms with van der Waals surface area (Å²) in [5, 5.41) is 3.33. The largest absolute Gasteiger partial charge is 0.490 e. The first-order valence-corrected chi connectivity index (χ1v) is 5.74. The highest BCUT2D eigenvalue weighted by Crippen LogP contribution is 2.31. The zero-order valence-electron chi connectivity index (χ0n) is 9.85. The predicted octanol–water partition coefficient (Wildman–Crippen LogP) is 3.17. The highest BCUT2D eigenvalue weighted by Gasteiger charge is 2.19. The Labute approximate surface area is 95.8 Å². The molecule has 1 aliphatic heterocycles. The molecule has 0 aromatic heterocycles. The van der Waals surface area contributed by atoms with Gasteiger partial charge in [0.15, 0.2) is 0 Å². The van der Waals surface area contributed by atoms with Crippen molar-refractivity contribution in [1.82, 2.24) is 0 Å². The van der Waals surface area contributed by atoms with Crippen LogP contribution in [0.4, 0.5) is 10.1 Å². The lowest BCUT2D eigenvalue weighted by atomic mass is 10.0. The second-order valence-corrected chi connectivity index (χ2v) is 4.82. The molecule has 0 radical (unpaired) electrons. The lowest BCUT2D eigenvalue weighted by Crippen LogP contribution is -2.23. The third-order valence-corrected chi connectivity index (χ3v) is 2.62. The van der Waals surface area contributed by atoms with Crippen LogP contribution in [0.15, 0.2) is 18.2 Å². The Hall–Kier alpha value is -1.25. The maximum atomic E-state index is 13.4. The van der Waals surface area contributed by atoms with Gasteiger partial charge in [0.1, 0.15) is 18.0 Å². The van der Waals surface area contributed by atoms with E-state index in [9.17, 15) is 4.39 Å². The number of nitrogens with one attached hydrogen (secondary N) is 1. The number of rotatable bonds is 3. The smallest absolute Gasteiger partial charge is 0.139 e. The van der Waals surface area contributed by atoms with Crippen LogP contribution in [0.3, 0.4) is 0 Å². The van der Waals surface area contributed by atoms with Crippen molar-refractivity contribution in [2.24, 2.45) is 0 Å². The molecule has 0 saturated heterocycles. The Morgan fingerprint density at radius 1 is 1.44 bits per heavy atom. The van der Waals surface area contributed by atoms with Crippen molar-refractivity contribution in [3.63, 3.8) is 0 Å². The molecule has 0 saturated carbocycles. The number of ether oxygens (including phenoxy) is 1. The molecular weight excluding hydrogens is 205 g/mol. The van der Waals surface area contributed by atoms with Crippen LogP contribution < -0.4 is 10.1 Å². The van der Waals surface area contributed by atoms with Crippen LogP contribution in [0.2, 0.25) is 0 Å². The number of anilines is 1. The molecular formula is C13H18FNO. The Balaban J connectivity index is 2.15. The number of hydrogen-bond donors (Lipinski definition) is 1. The first-order valence-electron chi connectivity index (χ1n) is 5.74. The second kappa shape index (κ2) is 4.32. The molecule has 1 heterocycles. The maximum absolute atomic E-state index is 13.4. The van der Waals surface area contributed by atoms with Gasteiger partial charge in [-0.1, -0.05) is 6.07 Å². The van der Waals surface area contributed by atoms with E-state index in [1.54, 1.807) is 0 Å². The van der Waals surface area contributed by atoms with Crippen LogP contribution in [-0.2, 0) is 6.42 Å². The van der Waals surface area contributed by atoms with E-state index in [4.69, 9.17) is 4.74 Å². The van der Waals surface area contributed by atoms with E-state index in [0.29, 0.717) is 0 Å². The van der Waals surface area contributed by atoms with Gasteiger partial charge >= 0.3 is 0 Å². The van der Waals surface area contributed by atoms with Gasteiger partial charge in [-0.25, -0.2) is 4.39 Å². The monoisotopic (exact) mass is 223 g/mol. The molecule has 0 amide bonds. The lowest BCUT2D eigenvalue weighted by Gasteiger charge is -2.22. The predicted molar refractivity (Wildman–Crippen MR) is 63.9 cm³/mol. The van der Waals surface area contributed by atoms with Gasteiger partial charge < -0.3 is 10.1 Å². The lowest BCUT2D eigenvalue weighted by molar-refractivity contribution is 0.120. The molecule has 0 aliphatic carbocycles. The number of fused-ring (bicyclic) bond motifs is 1. The van der Waals surface area contributed by atoms with Crippen LogP contribution in [-0.4, -0.2) is 18.8 Å². The van der Waals surface area contributed by atoms with Crippen LogP contribution >= 0.6 is 0 Å². The molecule has 1 aromatic carbocycles. The molecule has 88 valence electrons. The van der Waals surface area contributed by atoms with Crippen LogP contribution in [0, 0.1) is 0 Å². The van der Waals surface area contributed by atoms with E-state index in [1.807, 2.05) is 18.2 Å². The Morgan fingerprint density at radius 2 is 2.25 bits per heavy atom. The van der Waals surface area contributed by atoms with E-state index in [2.05, 4.69) is 5.32 Å². The van der Waals surface area contributed by atoms with Gasteiger partial charge in [-0.2, -0.15) is 0 Å². The quantitative estimate of drug-likeness (QED) is 0.849. The first-order chi connectivity index (χ1) is 7.56. The van der Waals surface area contributed by atoms with Crippen molar-refractivity contribution in [2.45, 2.75) is 32.4 Å². The zero-order chi connectivity index (χ0) is 11.6. The fourth-order valence-corrected chi connectivity index (χ4v) is 1.86. The van der Waals surface area contributed by atoms with E-state index in [-0.39, 0.29) is 6.61 Å². The van der Waals surface area contributed by atoms with Crippen molar-refractivity contribution in [3.8, 4) is 5.75 Å². The van der Waals surface area contributed by atoms with Crippen molar-refractivity contribution < 1.29 is 9.13 Å². The molecule has 0 atom stereocenters. The maximum Gasteiger partial charge on any atom is 0.139 e. The molecule has 0 spiro atoms. The van der Waals surface area contributed by atoms with Gasteiger partial charge in [-0.3, -0.25) is 0 Å². The molecule has 0 fully saturated rings. The summed E-state index contributed by atoms with van der Waals surface area (Å²) in [4.78, 5) is 0. The summed E-state index contributed by atoms with van der Waals surface area (Å²) in [5.41, 5.74) is 1.02. The minimum atomic E-state index is -1.29. The Morgan fingerprint density at radius 3 is 3.00 bits per heavy atom. The summed E-state index contributed by atoms with van der Waals surface area (Å²) in [6.45, 7) is 4.16. The number of halogens is 1. The Kier molecular flexibility index (Phi) is 3.03. The van der Waals surface area contributed by atoms with Crippen LogP contribution in [0.5, 0.6) is 5.75 Å². The fraction of sp³-hybridized carbons (Fsp3) is 0.538. The summed E-state index contributed by atoms with van der Waals surface area (Å²) in [7, 11) is 0. The van der Waals surface area contributed by atoms with E-state index in [1.165, 1.54) is 19.4 Å². The summed E-state index contributed by atoms with van der Waals surface area (Å²) >= 11 is 0. The highest BCUT2D eigenvalue weighted by atomic mass is 19.1. The molecule has 2 nitrogen and oxygen atoms in total. The van der Waals surface area contributed by atoms with E-state index in [0.717, 1.165) is 30.8 Å². The van der Waals surface area contributed by atoms with Gasteiger partial charge in [0, 0.05) is 17.8 Å². The van der Waals surface area contributed by atoms with Crippen molar-refractivity contribution in [3.05, 3.63) is 23.8 Å². The van der Waals surface area contributed by atoms with Gasteiger partial charge in [-0.15, -0.1) is 0 Å². The minimum absolute atomic E-state index is 0.101. The summed E-state index contributed by atoms with van der Waals surface area (Å²) in [6, 6.07) is 5.90. The number of benzene rings is 1. The van der Waals surface area contributed by atoms with Gasteiger partial charge in [0.05, 0.1) is 0 Å². The average Bonchev–Trinajstić information content (AvgIpc) is 2.25. The number of alkyl halides is 1. The Bertz CT molecular complexity index is 371. The first kappa shape index (κ1) is 11.2. The van der Waals surface area contributed by atoms with E-state index < -0.39 is 5.67 Å². The van der Waals surface area contributed by atoms with Crippen molar-refractivity contribution in [2.75, 3.05) is 18.5 Å².